The summed E-state index contributed by atoms with van der Waals surface area (Å²) in [6.45, 7) is 1.77. The number of carbonyl (C=O) groups is 1. The van der Waals surface area contributed by atoms with Gasteiger partial charge >= 0.3 is 5.97 Å². The minimum Gasteiger partial charge on any atom is -0.477 e. The molecule has 6 nitrogen and oxygen atoms in total. The SMILES string of the molecule is Cc1nc(S/C(=C\c2c(-c3ccccc3)[nH]c3ccccc23)C(=O)O)n[nH]1. The number of nitrogens with one attached hydrogen (secondary N) is 2. The Bertz CT molecular complexity index is 1150. The lowest BCUT2D eigenvalue weighted by molar-refractivity contribution is -0.131. The molecule has 3 N–H and O–H groups in total. The number of aliphatic carboxylic acids is 1. The van der Waals surface area contributed by atoms with Crippen molar-refractivity contribution >= 4 is 34.7 Å². The molecule has 7 heteroatoms. The van der Waals surface area contributed by atoms with Gasteiger partial charge in [0.1, 0.15) is 10.7 Å². The maximum absolute atomic E-state index is 11.9. The number of hydrogen-bond donors (Lipinski definition) is 3. The van der Waals surface area contributed by atoms with Crippen LogP contribution < -0.4 is 0 Å². The third kappa shape index (κ3) is 3.50. The predicted molar refractivity (Wildman–Crippen MR) is 106 cm³/mol. The smallest absolute Gasteiger partial charge is 0.342 e. The summed E-state index contributed by atoms with van der Waals surface area (Å²) in [5.74, 6) is -0.383. The molecule has 0 amide bonds. The number of aryl methyl sites for hydroxylation is 1. The summed E-state index contributed by atoms with van der Waals surface area (Å²) < 4.78 is 0. The molecule has 2 heterocycles. The van der Waals surface area contributed by atoms with Crippen molar-refractivity contribution in [3.63, 3.8) is 0 Å². The lowest BCUT2D eigenvalue weighted by Crippen LogP contribution is -1.97. The van der Waals surface area contributed by atoms with Crippen molar-refractivity contribution in [2.45, 2.75) is 12.1 Å². The number of para-hydroxylation sites is 1. The fourth-order valence-corrected chi connectivity index (χ4v) is 3.61. The van der Waals surface area contributed by atoms with Crippen LogP contribution in [0.1, 0.15) is 11.4 Å². The highest BCUT2D eigenvalue weighted by atomic mass is 32.2. The van der Waals surface area contributed by atoms with E-state index in [4.69, 9.17) is 0 Å². The van der Waals surface area contributed by atoms with Crippen molar-refractivity contribution in [2.75, 3.05) is 0 Å². The van der Waals surface area contributed by atoms with Gasteiger partial charge in [-0.1, -0.05) is 48.5 Å². The Balaban J connectivity index is 1.87. The number of fused-ring (bicyclic) bond motifs is 1. The molecule has 0 aliphatic carbocycles. The molecule has 0 spiro atoms. The van der Waals surface area contributed by atoms with Gasteiger partial charge in [-0.3, -0.25) is 5.10 Å². The molecule has 0 saturated heterocycles. The van der Waals surface area contributed by atoms with E-state index in [1.54, 1.807) is 13.0 Å². The molecular formula is C20H16N4O2S. The average Bonchev–Trinajstić information content (AvgIpc) is 3.25. The second kappa shape index (κ2) is 7.13. The minimum absolute atomic E-state index is 0.149. The third-order valence-electron chi connectivity index (χ3n) is 4.07. The number of carboxylic acids is 1. The molecule has 0 aliphatic heterocycles. The summed E-state index contributed by atoms with van der Waals surface area (Å²) in [6, 6.07) is 17.7. The Labute approximate surface area is 159 Å². The van der Waals surface area contributed by atoms with E-state index in [-0.39, 0.29) is 4.91 Å². The molecule has 27 heavy (non-hydrogen) atoms. The zero-order valence-electron chi connectivity index (χ0n) is 14.4. The van der Waals surface area contributed by atoms with Crippen LogP contribution in [0.4, 0.5) is 0 Å². The number of rotatable bonds is 5. The summed E-state index contributed by atoms with van der Waals surface area (Å²) in [4.78, 5) is 19.6. The molecule has 0 atom stereocenters. The van der Waals surface area contributed by atoms with Crippen LogP contribution in [0, 0.1) is 6.92 Å². The van der Waals surface area contributed by atoms with Gasteiger partial charge in [-0.2, -0.15) is 0 Å². The molecular weight excluding hydrogens is 360 g/mol. The molecule has 4 rings (SSSR count). The van der Waals surface area contributed by atoms with Gasteiger partial charge in [-0.05, 0) is 36.4 Å². The molecule has 0 bridgehead atoms. The Morgan fingerprint density at radius 3 is 2.56 bits per heavy atom. The van der Waals surface area contributed by atoms with Gasteiger partial charge in [-0.15, -0.1) is 5.10 Å². The second-order valence-corrected chi connectivity index (χ2v) is 6.95. The lowest BCUT2D eigenvalue weighted by atomic mass is 10.0. The quantitative estimate of drug-likeness (QED) is 0.353. The molecule has 0 fully saturated rings. The fourth-order valence-electron chi connectivity index (χ4n) is 2.88. The van der Waals surface area contributed by atoms with Crippen LogP contribution >= 0.6 is 11.8 Å². The summed E-state index contributed by atoms with van der Waals surface area (Å²) in [6.07, 6.45) is 1.68. The van der Waals surface area contributed by atoms with Crippen LogP contribution in [0.3, 0.4) is 0 Å². The zero-order chi connectivity index (χ0) is 18.8. The van der Waals surface area contributed by atoms with Gasteiger partial charge in [0.15, 0.2) is 0 Å². The van der Waals surface area contributed by atoms with E-state index in [0.29, 0.717) is 11.0 Å². The number of aromatic amines is 2. The average molecular weight is 376 g/mol. The number of aromatic nitrogens is 4. The molecule has 4 aromatic rings. The highest BCUT2D eigenvalue weighted by Crippen LogP contribution is 2.34. The molecule has 0 unspecified atom stereocenters. The van der Waals surface area contributed by atoms with E-state index in [9.17, 15) is 9.90 Å². The Hall–Kier alpha value is -3.32. The maximum Gasteiger partial charge on any atom is 0.342 e. The maximum atomic E-state index is 11.9. The number of carboxylic acid groups (broad SMARTS) is 1. The highest BCUT2D eigenvalue weighted by molar-refractivity contribution is 8.04. The standard InChI is InChI=1S/C20H16N4O2S/c1-12-21-20(24-23-12)27-17(19(25)26)11-15-14-9-5-6-10-16(14)22-18(15)13-7-3-2-4-8-13/h2-11,22H,1H3,(H,25,26)(H,21,23,24)/b17-11-. The number of H-pyrrole nitrogens is 2. The van der Waals surface area contributed by atoms with Crippen LogP contribution in [0.5, 0.6) is 0 Å². The summed E-state index contributed by atoms with van der Waals surface area (Å²) in [5.41, 5.74) is 3.64. The first-order valence-corrected chi connectivity index (χ1v) is 9.11. The van der Waals surface area contributed by atoms with Crippen LogP contribution in [-0.2, 0) is 4.79 Å². The van der Waals surface area contributed by atoms with Gasteiger partial charge in [-0.25, -0.2) is 9.78 Å². The Kier molecular flexibility index (Phi) is 4.52. The first-order chi connectivity index (χ1) is 13.1. The van der Waals surface area contributed by atoms with Gasteiger partial charge in [0, 0.05) is 16.5 Å². The molecule has 2 aromatic heterocycles. The van der Waals surface area contributed by atoms with E-state index < -0.39 is 5.97 Å². The Morgan fingerprint density at radius 2 is 1.85 bits per heavy atom. The first-order valence-electron chi connectivity index (χ1n) is 8.30. The van der Waals surface area contributed by atoms with Crippen LogP contribution in [0.15, 0.2) is 64.7 Å². The topological polar surface area (TPSA) is 94.7 Å². The van der Waals surface area contributed by atoms with Crippen molar-refractivity contribution in [1.82, 2.24) is 20.2 Å². The predicted octanol–water partition coefficient (Wildman–Crippen LogP) is 4.48. The van der Waals surface area contributed by atoms with Crippen molar-refractivity contribution in [2.24, 2.45) is 0 Å². The number of benzene rings is 2. The largest absolute Gasteiger partial charge is 0.477 e. The monoisotopic (exact) mass is 376 g/mol. The molecule has 2 aromatic carbocycles. The number of hydrogen-bond acceptors (Lipinski definition) is 4. The molecule has 0 saturated carbocycles. The van der Waals surface area contributed by atoms with Gasteiger partial charge in [0.05, 0.1) is 5.69 Å². The van der Waals surface area contributed by atoms with Gasteiger partial charge in [0.25, 0.3) is 0 Å². The van der Waals surface area contributed by atoms with Gasteiger partial charge < -0.3 is 10.1 Å². The van der Waals surface area contributed by atoms with Crippen molar-refractivity contribution in [3.05, 3.63) is 70.9 Å². The second-order valence-electron chi connectivity index (χ2n) is 5.94. The van der Waals surface area contributed by atoms with Crippen molar-refractivity contribution in [1.29, 1.82) is 0 Å². The van der Waals surface area contributed by atoms with E-state index in [1.807, 2.05) is 54.6 Å². The summed E-state index contributed by atoms with van der Waals surface area (Å²) >= 11 is 1.02. The van der Waals surface area contributed by atoms with E-state index >= 15 is 0 Å². The molecule has 0 radical (unpaired) electrons. The van der Waals surface area contributed by atoms with E-state index in [1.165, 1.54) is 0 Å². The normalized spacial score (nSPS) is 11.8. The van der Waals surface area contributed by atoms with Crippen molar-refractivity contribution in [3.8, 4) is 11.3 Å². The molecule has 134 valence electrons. The molecule has 0 aliphatic rings. The fraction of sp³-hybridized carbons (Fsp3) is 0.0500. The number of thioether (sulfide) groups is 1. The minimum atomic E-state index is -1.02. The van der Waals surface area contributed by atoms with E-state index in [2.05, 4.69) is 20.2 Å². The highest BCUT2D eigenvalue weighted by Gasteiger charge is 2.17. The van der Waals surface area contributed by atoms with Crippen LogP contribution in [0.25, 0.3) is 28.2 Å². The zero-order valence-corrected chi connectivity index (χ0v) is 15.2. The summed E-state index contributed by atoms with van der Waals surface area (Å²) in [5, 5.41) is 17.8. The number of nitrogens with zero attached hydrogens (tertiary/aromatic N) is 2. The lowest BCUT2D eigenvalue weighted by Gasteiger charge is -2.03. The first kappa shape index (κ1) is 17.1. The van der Waals surface area contributed by atoms with Crippen LogP contribution in [0.2, 0.25) is 0 Å². The third-order valence-corrected chi connectivity index (χ3v) is 4.95. The Morgan fingerprint density at radius 1 is 1.11 bits per heavy atom. The van der Waals surface area contributed by atoms with Crippen molar-refractivity contribution < 1.29 is 9.90 Å². The van der Waals surface area contributed by atoms with Crippen LogP contribution in [-0.4, -0.2) is 31.2 Å². The van der Waals surface area contributed by atoms with E-state index in [0.717, 1.165) is 39.5 Å². The van der Waals surface area contributed by atoms with Gasteiger partial charge in [0.2, 0.25) is 5.16 Å². The summed E-state index contributed by atoms with van der Waals surface area (Å²) in [7, 11) is 0.